The van der Waals surface area contributed by atoms with Crippen LogP contribution in [0.4, 0.5) is 0 Å². The second-order valence-corrected chi connectivity index (χ2v) is 4.48. The molecule has 0 spiro atoms. The molecule has 4 N–H and O–H groups in total. The summed E-state index contributed by atoms with van der Waals surface area (Å²) in [6, 6.07) is 5.86. The van der Waals surface area contributed by atoms with Gasteiger partial charge in [-0.25, -0.2) is 0 Å². The molecule has 15 heavy (non-hydrogen) atoms. The highest BCUT2D eigenvalue weighted by Gasteiger charge is 2.02. The van der Waals surface area contributed by atoms with Crippen molar-refractivity contribution < 1.29 is 5.11 Å². The first-order valence-electron chi connectivity index (χ1n) is 4.84. The first-order valence-corrected chi connectivity index (χ1v) is 5.82. The van der Waals surface area contributed by atoms with Crippen LogP contribution in [0.2, 0.25) is 0 Å². The molecule has 0 heterocycles. The number of aryl methyl sites for hydroxylation is 1. The Morgan fingerprint density at radius 1 is 1.53 bits per heavy atom. The molecule has 0 aliphatic rings. The summed E-state index contributed by atoms with van der Waals surface area (Å²) in [4.78, 5) is 1.16. The van der Waals surface area contributed by atoms with Crippen LogP contribution in [0.15, 0.2) is 23.1 Å². The van der Waals surface area contributed by atoms with Crippen LogP contribution in [-0.4, -0.2) is 23.3 Å². The van der Waals surface area contributed by atoms with E-state index in [-0.39, 0.29) is 12.4 Å². The lowest BCUT2D eigenvalue weighted by molar-refractivity contribution is 0.296. The monoisotopic (exact) mass is 224 g/mol. The largest absolute Gasteiger partial charge is 0.396 e. The Kier molecular flexibility index (Phi) is 4.65. The molecular weight excluding hydrogens is 208 g/mol. The second kappa shape index (κ2) is 5.78. The van der Waals surface area contributed by atoms with Crippen LogP contribution < -0.4 is 5.73 Å². The minimum absolute atomic E-state index is 0.111. The van der Waals surface area contributed by atoms with Gasteiger partial charge in [-0.15, -0.1) is 11.8 Å². The number of nitrogens with two attached hydrogens (primary N) is 1. The number of aliphatic hydroxyl groups is 1. The first-order chi connectivity index (χ1) is 7.15. The van der Waals surface area contributed by atoms with Crippen LogP contribution in [0.3, 0.4) is 0 Å². The molecule has 0 radical (unpaired) electrons. The Morgan fingerprint density at radius 2 is 2.27 bits per heavy atom. The van der Waals surface area contributed by atoms with Gasteiger partial charge >= 0.3 is 0 Å². The first kappa shape index (κ1) is 12.1. The van der Waals surface area contributed by atoms with Crippen LogP contribution in [0.25, 0.3) is 0 Å². The average Bonchev–Trinajstić information content (AvgIpc) is 2.17. The summed E-state index contributed by atoms with van der Waals surface area (Å²) < 4.78 is 0. The number of thioether (sulfide) groups is 1. The molecule has 0 aliphatic heterocycles. The fourth-order valence-electron chi connectivity index (χ4n) is 1.28. The molecule has 1 aromatic carbocycles. The van der Waals surface area contributed by atoms with E-state index >= 15 is 0 Å². The lowest BCUT2D eigenvalue weighted by Crippen LogP contribution is -2.12. The van der Waals surface area contributed by atoms with Crippen LogP contribution in [0, 0.1) is 12.3 Å². The van der Waals surface area contributed by atoms with Gasteiger partial charge in [-0.1, -0.05) is 0 Å². The molecule has 4 heteroatoms. The van der Waals surface area contributed by atoms with Crippen molar-refractivity contribution in [2.45, 2.75) is 18.2 Å². The minimum atomic E-state index is 0.111. The molecule has 0 atom stereocenters. The van der Waals surface area contributed by atoms with E-state index in [9.17, 15) is 0 Å². The van der Waals surface area contributed by atoms with Gasteiger partial charge in [-0.2, -0.15) is 0 Å². The average molecular weight is 224 g/mol. The number of aliphatic hydroxyl groups excluding tert-OH is 1. The fourth-order valence-corrected chi connectivity index (χ4v) is 2.22. The number of benzene rings is 1. The Balaban J connectivity index is 2.69. The molecule has 1 aromatic rings. The van der Waals surface area contributed by atoms with Crippen molar-refractivity contribution in [1.29, 1.82) is 5.41 Å². The molecule has 0 bridgehead atoms. The van der Waals surface area contributed by atoms with Gasteiger partial charge in [0.05, 0.1) is 0 Å². The number of hydrogen-bond donors (Lipinski definition) is 3. The highest BCUT2D eigenvalue weighted by atomic mass is 32.2. The maximum Gasteiger partial charge on any atom is 0.123 e. The zero-order chi connectivity index (χ0) is 11.3. The third-order valence-corrected chi connectivity index (χ3v) is 3.14. The Bertz CT molecular complexity index is 352. The molecule has 0 saturated heterocycles. The molecule has 0 aliphatic carbocycles. The molecule has 0 fully saturated rings. The van der Waals surface area contributed by atoms with Crippen molar-refractivity contribution in [3.8, 4) is 0 Å². The molecule has 0 saturated carbocycles. The summed E-state index contributed by atoms with van der Waals surface area (Å²) in [7, 11) is 0. The van der Waals surface area contributed by atoms with Crippen molar-refractivity contribution in [2.75, 3.05) is 12.4 Å². The van der Waals surface area contributed by atoms with Crippen LogP contribution >= 0.6 is 11.8 Å². The standard InChI is InChI=1S/C11H16N2OS/c1-8-7-9(15-6-2-5-14)3-4-10(8)11(12)13/h3-4,7,14H,2,5-6H2,1H3,(H3,12,13). The summed E-state index contributed by atoms with van der Waals surface area (Å²) in [6.45, 7) is 2.18. The van der Waals surface area contributed by atoms with E-state index in [1.165, 1.54) is 0 Å². The van der Waals surface area contributed by atoms with Gasteiger partial charge in [0.25, 0.3) is 0 Å². The predicted molar refractivity (Wildman–Crippen MR) is 64.6 cm³/mol. The quantitative estimate of drug-likeness (QED) is 0.309. The molecule has 1 rings (SSSR count). The Morgan fingerprint density at radius 3 is 2.80 bits per heavy atom. The van der Waals surface area contributed by atoms with E-state index in [0.29, 0.717) is 0 Å². The highest BCUT2D eigenvalue weighted by molar-refractivity contribution is 7.99. The van der Waals surface area contributed by atoms with Gasteiger partial charge in [-0.05, 0) is 37.1 Å². The normalized spacial score (nSPS) is 10.3. The summed E-state index contributed by atoms with van der Waals surface area (Å²) >= 11 is 1.71. The number of rotatable bonds is 5. The molecular formula is C11H16N2OS. The van der Waals surface area contributed by atoms with Crippen molar-refractivity contribution >= 4 is 17.6 Å². The lowest BCUT2D eigenvalue weighted by atomic mass is 10.1. The fraction of sp³-hybridized carbons (Fsp3) is 0.364. The van der Waals surface area contributed by atoms with E-state index in [1.54, 1.807) is 11.8 Å². The smallest absolute Gasteiger partial charge is 0.123 e. The van der Waals surface area contributed by atoms with Gasteiger partial charge < -0.3 is 10.8 Å². The maximum absolute atomic E-state index is 8.66. The summed E-state index contributed by atoms with van der Waals surface area (Å²) in [5, 5.41) is 16.0. The molecule has 3 nitrogen and oxygen atoms in total. The molecule has 82 valence electrons. The topological polar surface area (TPSA) is 70.1 Å². The van der Waals surface area contributed by atoms with E-state index < -0.39 is 0 Å². The van der Waals surface area contributed by atoms with Gasteiger partial charge in [0.2, 0.25) is 0 Å². The highest BCUT2D eigenvalue weighted by Crippen LogP contribution is 2.21. The lowest BCUT2D eigenvalue weighted by Gasteiger charge is -2.06. The van der Waals surface area contributed by atoms with E-state index in [4.69, 9.17) is 16.2 Å². The number of hydrogen-bond acceptors (Lipinski definition) is 3. The minimum Gasteiger partial charge on any atom is -0.396 e. The molecule has 0 aromatic heterocycles. The number of nitrogen functional groups attached to an aromatic ring is 1. The zero-order valence-corrected chi connectivity index (χ0v) is 9.60. The van der Waals surface area contributed by atoms with Gasteiger partial charge in [-0.3, -0.25) is 5.41 Å². The third-order valence-electron chi connectivity index (χ3n) is 2.06. The van der Waals surface area contributed by atoms with Crippen molar-refractivity contribution in [3.63, 3.8) is 0 Å². The van der Waals surface area contributed by atoms with Gasteiger partial charge in [0.1, 0.15) is 5.84 Å². The summed E-state index contributed by atoms with van der Waals surface area (Å²) in [5.74, 6) is 1.02. The van der Waals surface area contributed by atoms with Crippen molar-refractivity contribution in [2.24, 2.45) is 5.73 Å². The predicted octanol–water partition coefficient (Wildman–Crippen LogP) is 1.75. The SMILES string of the molecule is Cc1cc(SCCCO)ccc1C(=N)N. The van der Waals surface area contributed by atoms with Crippen LogP contribution in [0.5, 0.6) is 0 Å². The molecule has 0 unspecified atom stereocenters. The van der Waals surface area contributed by atoms with Gasteiger partial charge in [0, 0.05) is 22.8 Å². The number of nitrogens with one attached hydrogen (secondary N) is 1. The van der Waals surface area contributed by atoms with Crippen molar-refractivity contribution in [1.82, 2.24) is 0 Å². The van der Waals surface area contributed by atoms with E-state index in [2.05, 4.69) is 0 Å². The number of amidine groups is 1. The summed E-state index contributed by atoms with van der Waals surface area (Å²) in [6.07, 6.45) is 0.804. The van der Waals surface area contributed by atoms with Crippen molar-refractivity contribution in [3.05, 3.63) is 29.3 Å². The zero-order valence-electron chi connectivity index (χ0n) is 8.79. The summed E-state index contributed by atoms with van der Waals surface area (Å²) in [5.41, 5.74) is 7.25. The van der Waals surface area contributed by atoms with Crippen LogP contribution in [0.1, 0.15) is 17.5 Å². The van der Waals surface area contributed by atoms with E-state index in [1.807, 2.05) is 25.1 Å². The van der Waals surface area contributed by atoms with Crippen LogP contribution in [-0.2, 0) is 0 Å². The van der Waals surface area contributed by atoms with E-state index in [0.717, 1.165) is 28.2 Å². The van der Waals surface area contributed by atoms with Gasteiger partial charge in [0.15, 0.2) is 0 Å². The Hall–Kier alpha value is -1.00. The second-order valence-electron chi connectivity index (χ2n) is 3.32. The third kappa shape index (κ3) is 3.57. The Labute approximate surface area is 94.2 Å². The molecule has 0 amide bonds. The maximum atomic E-state index is 8.66.